The third kappa shape index (κ3) is 2.55. The Morgan fingerprint density at radius 2 is 2.10 bits per heavy atom. The normalized spacial score (nSPS) is 18.1. The van der Waals surface area contributed by atoms with E-state index >= 15 is 0 Å². The molecule has 0 bridgehead atoms. The van der Waals surface area contributed by atoms with Crippen molar-refractivity contribution in [3.63, 3.8) is 0 Å². The van der Waals surface area contributed by atoms with E-state index in [4.69, 9.17) is 0 Å². The van der Waals surface area contributed by atoms with Gasteiger partial charge in [0.1, 0.15) is 23.0 Å². The molecule has 6 heteroatoms. The van der Waals surface area contributed by atoms with Gasteiger partial charge in [-0.15, -0.1) is 0 Å². The average Bonchev–Trinajstić information content (AvgIpc) is 2.41. The molecule has 2 N–H and O–H groups in total. The quantitative estimate of drug-likeness (QED) is 0.873. The molecule has 0 aromatic carbocycles. The Morgan fingerprint density at radius 3 is 2.70 bits per heavy atom. The second-order valence-corrected chi connectivity index (χ2v) is 5.84. The molecule has 20 heavy (non-hydrogen) atoms. The fraction of sp³-hybridized carbons (Fsp3) is 0.643. The minimum absolute atomic E-state index is 0.0273. The molecule has 1 aliphatic rings. The van der Waals surface area contributed by atoms with Gasteiger partial charge in [-0.2, -0.15) is 0 Å². The Labute approximate surface area is 120 Å². The van der Waals surface area contributed by atoms with Gasteiger partial charge in [0.05, 0.1) is 0 Å². The summed E-state index contributed by atoms with van der Waals surface area (Å²) in [6.45, 7) is 9.34. The van der Waals surface area contributed by atoms with Gasteiger partial charge >= 0.3 is 0 Å². The molecule has 2 rings (SSSR count). The number of hydrogen-bond donors (Lipinski definition) is 2. The molecule has 1 aromatic rings. The van der Waals surface area contributed by atoms with Crippen LogP contribution in [0.1, 0.15) is 39.4 Å². The van der Waals surface area contributed by atoms with Crippen LogP contribution in [0.25, 0.3) is 0 Å². The highest BCUT2D eigenvalue weighted by Gasteiger charge is 2.38. The molecule has 0 atom stereocenters. The molecule has 2 heterocycles. The number of nitrogens with zero attached hydrogens (tertiary/aromatic N) is 3. The summed E-state index contributed by atoms with van der Waals surface area (Å²) < 4.78 is 0. The third-order valence-corrected chi connectivity index (χ3v) is 3.63. The van der Waals surface area contributed by atoms with Crippen LogP contribution >= 0.6 is 0 Å². The van der Waals surface area contributed by atoms with Gasteiger partial charge in [0.2, 0.25) is 5.91 Å². The Bertz CT molecular complexity index is 512. The fourth-order valence-corrected chi connectivity index (χ4v) is 2.28. The number of anilines is 2. The first-order chi connectivity index (χ1) is 9.36. The van der Waals surface area contributed by atoms with Crippen molar-refractivity contribution in [2.75, 3.05) is 30.4 Å². The lowest BCUT2D eigenvalue weighted by Gasteiger charge is -2.42. The van der Waals surface area contributed by atoms with E-state index in [9.17, 15) is 4.79 Å². The van der Waals surface area contributed by atoms with Crippen LogP contribution in [-0.2, 0) is 4.79 Å². The maximum atomic E-state index is 12.1. The molecule has 1 saturated heterocycles. The molecule has 0 aliphatic carbocycles. The average molecular weight is 277 g/mol. The first-order valence-electron chi connectivity index (χ1n) is 6.99. The minimum atomic E-state index is -0.605. The summed E-state index contributed by atoms with van der Waals surface area (Å²) in [5.41, 5.74) is -0.605. The molecule has 1 fully saturated rings. The molecule has 0 unspecified atom stereocenters. The zero-order valence-corrected chi connectivity index (χ0v) is 12.8. The highest BCUT2D eigenvalue weighted by Crippen LogP contribution is 2.27. The number of carbonyl (C=O) groups excluding carboxylic acids is 1. The minimum Gasteiger partial charge on any atom is -0.373 e. The first-order valence-corrected chi connectivity index (χ1v) is 6.99. The van der Waals surface area contributed by atoms with E-state index in [-0.39, 0.29) is 11.8 Å². The standard InChI is InChI=1S/C14H23N5O/c1-9(2)12-17-10(15-5)8-11(18-12)19-7-6-16-13(20)14(19,3)4/h8-9H,6-7H2,1-5H3,(H,16,20)(H,15,17,18). The van der Waals surface area contributed by atoms with Gasteiger partial charge in [0.25, 0.3) is 0 Å². The maximum Gasteiger partial charge on any atom is 0.245 e. The number of amides is 1. The van der Waals surface area contributed by atoms with Crippen molar-refractivity contribution in [2.24, 2.45) is 0 Å². The number of carbonyl (C=O) groups is 1. The molecular weight excluding hydrogens is 254 g/mol. The molecule has 6 nitrogen and oxygen atoms in total. The molecule has 110 valence electrons. The van der Waals surface area contributed by atoms with Crippen LogP contribution in [0.15, 0.2) is 6.07 Å². The topological polar surface area (TPSA) is 70.2 Å². The van der Waals surface area contributed by atoms with Gasteiger partial charge in [-0.1, -0.05) is 13.8 Å². The van der Waals surface area contributed by atoms with Crippen LogP contribution in [-0.4, -0.2) is 41.6 Å². The lowest BCUT2D eigenvalue weighted by Crippen LogP contribution is -2.62. The van der Waals surface area contributed by atoms with Crippen molar-refractivity contribution in [1.29, 1.82) is 0 Å². The van der Waals surface area contributed by atoms with Crippen LogP contribution in [0.4, 0.5) is 11.6 Å². The van der Waals surface area contributed by atoms with Crippen molar-refractivity contribution in [2.45, 2.75) is 39.2 Å². The molecule has 0 radical (unpaired) electrons. The Kier molecular flexibility index (Phi) is 3.83. The molecule has 1 aliphatic heterocycles. The van der Waals surface area contributed by atoms with Crippen molar-refractivity contribution in [3.05, 3.63) is 11.9 Å². The van der Waals surface area contributed by atoms with Crippen LogP contribution in [0.3, 0.4) is 0 Å². The van der Waals surface area contributed by atoms with Crippen LogP contribution in [0.2, 0.25) is 0 Å². The molecule has 0 spiro atoms. The highest BCUT2D eigenvalue weighted by atomic mass is 16.2. The maximum absolute atomic E-state index is 12.1. The number of nitrogens with one attached hydrogen (secondary N) is 2. The van der Waals surface area contributed by atoms with Crippen molar-refractivity contribution >= 4 is 17.5 Å². The predicted molar refractivity (Wildman–Crippen MR) is 80.1 cm³/mol. The summed E-state index contributed by atoms with van der Waals surface area (Å²) in [7, 11) is 1.84. The zero-order chi connectivity index (χ0) is 14.9. The van der Waals surface area contributed by atoms with Gasteiger partial charge in [-0.3, -0.25) is 4.79 Å². The molecule has 1 aromatic heterocycles. The van der Waals surface area contributed by atoms with E-state index in [1.807, 2.05) is 31.9 Å². The largest absolute Gasteiger partial charge is 0.373 e. The SMILES string of the molecule is CNc1cc(N2CCNC(=O)C2(C)C)nc(C(C)C)n1. The summed E-state index contributed by atoms with van der Waals surface area (Å²) in [4.78, 5) is 23.2. The van der Waals surface area contributed by atoms with E-state index in [1.54, 1.807) is 0 Å². The van der Waals surface area contributed by atoms with E-state index in [2.05, 4.69) is 34.4 Å². The zero-order valence-electron chi connectivity index (χ0n) is 12.8. The lowest BCUT2D eigenvalue weighted by atomic mass is 9.99. The van der Waals surface area contributed by atoms with Crippen molar-refractivity contribution < 1.29 is 4.79 Å². The summed E-state index contributed by atoms with van der Waals surface area (Å²) in [5, 5.41) is 5.96. The monoisotopic (exact) mass is 277 g/mol. The van der Waals surface area contributed by atoms with Gasteiger partial charge in [-0.05, 0) is 13.8 Å². The van der Waals surface area contributed by atoms with Crippen LogP contribution in [0.5, 0.6) is 0 Å². The molecular formula is C14H23N5O. The van der Waals surface area contributed by atoms with Gasteiger partial charge in [0.15, 0.2) is 0 Å². The highest BCUT2D eigenvalue weighted by molar-refractivity contribution is 5.90. The molecule has 0 saturated carbocycles. The van der Waals surface area contributed by atoms with Gasteiger partial charge < -0.3 is 15.5 Å². The van der Waals surface area contributed by atoms with Crippen molar-refractivity contribution in [3.8, 4) is 0 Å². The summed E-state index contributed by atoms with van der Waals surface area (Å²) in [6, 6.07) is 1.90. The van der Waals surface area contributed by atoms with Crippen molar-refractivity contribution in [1.82, 2.24) is 15.3 Å². The Morgan fingerprint density at radius 1 is 1.40 bits per heavy atom. The summed E-state index contributed by atoms with van der Waals surface area (Å²) in [5.74, 6) is 2.63. The summed E-state index contributed by atoms with van der Waals surface area (Å²) >= 11 is 0. The number of aromatic nitrogens is 2. The number of piperazine rings is 1. The Balaban J connectivity index is 2.45. The first kappa shape index (κ1) is 14.6. The fourth-order valence-electron chi connectivity index (χ4n) is 2.28. The van der Waals surface area contributed by atoms with Crippen LogP contribution < -0.4 is 15.5 Å². The smallest absolute Gasteiger partial charge is 0.245 e. The van der Waals surface area contributed by atoms with Crippen LogP contribution in [0, 0.1) is 0 Å². The van der Waals surface area contributed by atoms with E-state index in [0.717, 1.165) is 24.0 Å². The third-order valence-electron chi connectivity index (χ3n) is 3.63. The number of hydrogen-bond acceptors (Lipinski definition) is 5. The van der Waals surface area contributed by atoms with Gasteiger partial charge in [0, 0.05) is 32.1 Å². The van der Waals surface area contributed by atoms with E-state index < -0.39 is 5.54 Å². The van der Waals surface area contributed by atoms with Gasteiger partial charge in [-0.25, -0.2) is 9.97 Å². The van der Waals surface area contributed by atoms with E-state index in [0.29, 0.717) is 6.54 Å². The van der Waals surface area contributed by atoms with E-state index in [1.165, 1.54) is 0 Å². The summed E-state index contributed by atoms with van der Waals surface area (Å²) in [6.07, 6.45) is 0. The second-order valence-electron chi connectivity index (χ2n) is 5.84. The Hall–Kier alpha value is -1.85. The lowest BCUT2D eigenvalue weighted by molar-refractivity contribution is -0.126. The number of rotatable bonds is 3. The second kappa shape index (κ2) is 5.26. The molecule has 1 amide bonds. The predicted octanol–water partition coefficient (Wildman–Crippen LogP) is 1.36.